The number of aliphatic hydroxyl groups is 1. The summed E-state index contributed by atoms with van der Waals surface area (Å²) in [5.74, 6) is 1.26. The number of para-hydroxylation sites is 1. The molecule has 1 saturated carbocycles. The van der Waals surface area contributed by atoms with Crippen LogP contribution in [0.5, 0.6) is 0 Å². The second-order valence-electron chi connectivity index (χ2n) is 6.85. The fourth-order valence-corrected chi connectivity index (χ4v) is 4.27. The Bertz CT molecular complexity index is 446. The Labute approximate surface area is 116 Å². The molecule has 1 aromatic rings. The summed E-state index contributed by atoms with van der Waals surface area (Å²) in [5, 5.41) is 14.7. The van der Waals surface area contributed by atoms with E-state index in [0.29, 0.717) is 11.8 Å². The van der Waals surface area contributed by atoms with E-state index in [0.717, 1.165) is 25.7 Å². The van der Waals surface area contributed by atoms with Crippen molar-refractivity contribution in [3.05, 3.63) is 29.8 Å². The average Bonchev–Trinajstić information content (AvgIpc) is 2.36. The van der Waals surface area contributed by atoms with Gasteiger partial charge in [-0.1, -0.05) is 32.0 Å². The van der Waals surface area contributed by atoms with Crippen LogP contribution in [-0.2, 0) is 6.42 Å². The Morgan fingerprint density at radius 1 is 1.16 bits per heavy atom. The van der Waals surface area contributed by atoms with Crippen LogP contribution in [-0.4, -0.2) is 16.7 Å². The van der Waals surface area contributed by atoms with E-state index in [4.69, 9.17) is 0 Å². The van der Waals surface area contributed by atoms with Crippen molar-refractivity contribution >= 4 is 5.69 Å². The van der Waals surface area contributed by atoms with Crippen LogP contribution in [0.25, 0.3) is 0 Å². The number of nitrogens with one attached hydrogen (secondary N) is 1. The predicted octanol–water partition coefficient (Wildman–Crippen LogP) is 3.60. The van der Waals surface area contributed by atoms with Crippen LogP contribution in [0, 0.1) is 11.8 Å². The van der Waals surface area contributed by atoms with Crippen LogP contribution in [0.1, 0.15) is 45.1 Å². The maximum absolute atomic E-state index is 11.1. The average molecular weight is 259 g/mol. The molecule has 1 aliphatic heterocycles. The van der Waals surface area contributed by atoms with Gasteiger partial charge >= 0.3 is 0 Å². The number of aryl methyl sites for hydroxylation is 1. The Kier molecular flexibility index (Phi) is 3.30. The third kappa shape index (κ3) is 2.51. The molecule has 2 N–H and O–H groups in total. The van der Waals surface area contributed by atoms with Crippen LogP contribution in [0.3, 0.4) is 0 Å². The molecule has 0 amide bonds. The quantitative estimate of drug-likeness (QED) is 0.807. The highest BCUT2D eigenvalue weighted by Crippen LogP contribution is 2.41. The molecule has 0 saturated heterocycles. The summed E-state index contributed by atoms with van der Waals surface area (Å²) < 4.78 is 0. The maximum Gasteiger partial charge on any atom is 0.0852 e. The van der Waals surface area contributed by atoms with Crippen molar-refractivity contribution in [2.45, 2.75) is 57.6 Å². The van der Waals surface area contributed by atoms with Gasteiger partial charge in [0.1, 0.15) is 0 Å². The minimum absolute atomic E-state index is 0.215. The summed E-state index contributed by atoms with van der Waals surface area (Å²) >= 11 is 0. The molecule has 0 radical (unpaired) electrons. The molecule has 1 aromatic carbocycles. The van der Waals surface area contributed by atoms with Crippen LogP contribution in [0.4, 0.5) is 5.69 Å². The Morgan fingerprint density at radius 2 is 1.84 bits per heavy atom. The molecule has 2 nitrogen and oxygen atoms in total. The molecule has 0 bridgehead atoms. The molecule has 0 spiro atoms. The normalized spacial score (nSPS) is 38.4. The molecule has 3 rings (SSSR count). The lowest BCUT2D eigenvalue weighted by atomic mass is 9.69. The van der Waals surface area contributed by atoms with Gasteiger partial charge in [-0.3, -0.25) is 0 Å². The molecular formula is C17H25NO. The van der Waals surface area contributed by atoms with Crippen molar-refractivity contribution in [1.82, 2.24) is 0 Å². The van der Waals surface area contributed by atoms with E-state index in [1.165, 1.54) is 17.7 Å². The molecule has 1 fully saturated rings. The highest BCUT2D eigenvalue weighted by Gasteiger charge is 2.43. The Balaban J connectivity index is 1.80. The van der Waals surface area contributed by atoms with Crippen LogP contribution < -0.4 is 5.32 Å². The lowest BCUT2D eigenvalue weighted by Crippen LogP contribution is -2.52. The van der Waals surface area contributed by atoms with Gasteiger partial charge < -0.3 is 10.4 Å². The number of benzene rings is 1. The highest BCUT2D eigenvalue weighted by molar-refractivity contribution is 5.54. The Hall–Kier alpha value is -1.02. The molecule has 3 unspecified atom stereocenters. The number of hydrogen-bond donors (Lipinski definition) is 2. The maximum atomic E-state index is 11.1. The summed E-state index contributed by atoms with van der Waals surface area (Å²) in [6, 6.07) is 8.72. The predicted molar refractivity (Wildman–Crippen MR) is 79.3 cm³/mol. The molecular weight excluding hydrogens is 234 g/mol. The molecule has 104 valence electrons. The highest BCUT2D eigenvalue weighted by atomic mass is 16.3. The summed E-state index contributed by atoms with van der Waals surface area (Å²) in [7, 11) is 0. The summed E-state index contributed by atoms with van der Waals surface area (Å²) in [6.45, 7) is 4.55. The van der Waals surface area contributed by atoms with Crippen molar-refractivity contribution in [2.75, 3.05) is 5.32 Å². The third-order valence-corrected chi connectivity index (χ3v) is 4.91. The first-order valence-electron chi connectivity index (χ1n) is 7.63. The summed E-state index contributed by atoms with van der Waals surface area (Å²) in [6.07, 6.45) is 5.27. The standard InChI is InChI=1S/C17H25NO/c1-12-9-13(2)11-17(19,10-12)16-8-7-14-5-3-4-6-15(14)18-16/h3-6,12-13,16,18-19H,7-11H2,1-2H3. The van der Waals surface area contributed by atoms with Crippen molar-refractivity contribution in [3.8, 4) is 0 Å². The minimum atomic E-state index is -0.523. The molecule has 2 heteroatoms. The first-order valence-corrected chi connectivity index (χ1v) is 7.63. The zero-order chi connectivity index (χ0) is 13.5. The SMILES string of the molecule is CC1CC(C)CC(O)(C2CCc3ccccc3N2)C1. The first kappa shape index (κ1) is 13.0. The monoisotopic (exact) mass is 259 g/mol. The largest absolute Gasteiger partial charge is 0.388 e. The van der Waals surface area contributed by atoms with E-state index in [1.807, 2.05) is 0 Å². The van der Waals surface area contributed by atoms with Crippen LogP contribution >= 0.6 is 0 Å². The zero-order valence-electron chi connectivity index (χ0n) is 12.0. The van der Waals surface area contributed by atoms with Gasteiger partial charge in [0.05, 0.1) is 11.6 Å². The van der Waals surface area contributed by atoms with E-state index in [1.54, 1.807) is 0 Å². The van der Waals surface area contributed by atoms with E-state index in [9.17, 15) is 5.11 Å². The van der Waals surface area contributed by atoms with E-state index >= 15 is 0 Å². The molecule has 3 atom stereocenters. The van der Waals surface area contributed by atoms with Gasteiger partial charge in [0.2, 0.25) is 0 Å². The van der Waals surface area contributed by atoms with Gasteiger partial charge in [-0.15, -0.1) is 0 Å². The molecule has 2 aliphatic rings. The second-order valence-corrected chi connectivity index (χ2v) is 6.85. The van der Waals surface area contributed by atoms with Crippen LogP contribution in [0.15, 0.2) is 24.3 Å². The minimum Gasteiger partial charge on any atom is -0.388 e. The lowest BCUT2D eigenvalue weighted by molar-refractivity contribution is -0.0481. The van der Waals surface area contributed by atoms with Gasteiger partial charge in [-0.05, 0) is 55.6 Å². The molecule has 19 heavy (non-hydrogen) atoms. The topological polar surface area (TPSA) is 32.3 Å². The van der Waals surface area contributed by atoms with Crippen molar-refractivity contribution < 1.29 is 5.11 Å². The lowest BCUT2D eigenvalue weighted by Gasteiger charge is -2.46. The number of rotatable bonds is 1. The fourth-order valence-electron chi connectivity index (χ4n) is 4.27. The molecule has 0 aromatic heterocycles. The zero-order valence-corrected chi connectivity index (χ0v) is 12.0. The smallest absolute Gasteiger partial charge is 0.0852 e. The van der Waals surface area contributed by atoms with Crippen molar-refractivity contribution in [2.24, 2.45) is 11.8 Å². The van der Waals surface area contributed by atoms with E-state index in [2.05, 4.69) is 43.4 Å². The third-order valence-electron chi connectivity index (χ3n) is 4.91. The van der Waals surface area contributed by atoms with Gasteiger partial charge in [0.25, 0.3) is 0 Å². The van der Waals surface area contributed by atoms with E-state index < -0.39 is 5.60 Å². The van der Waals surface area contributed by atoms with E-state index in [-0.39, 0.29) is 6.04 Å². The number of anilines is 1. The molecule has 1 heterocycles. The second kappa shape index (κ2) is 4.82. The summed E-state index contributed by atoms with van der Waals surface area (Å²) in [5.41, 5.74) is 2.09. The van der Waals surface area contributed by atoms with Gasteiger partial charge in [-0.2, -0.15) is 0 Å². The van der Waals surface area contributed by atoms with Gasteiger partial charge in [0.15, 0.2) is 0 Å². The molecule has 1 aliphatic carbocycles. The van der Waals surface area contributed by atoms with Gasteiger partial charge in [-0.25, -0.2) is 0 Å². The number of hydrogen-bond acceptors (Lipinski definition) is 2. The first-order chi connectivity index (χ1) is 9.07. The number of fused-ring (bicyclic) bond motifs is 1. The van der Waals surface area contributed by atoms with Gasteiger partial charge in [0, 0.05) is 5.69 Å². The van der Waals surface area contributed by atoms with Crippen molar-refractivity contribution in [1.29, 1.82) is 0 Å². The Morgan fingerprint density at radius 3 is 2.58 bits per heavy atom. The fraction of sp³-hybridized carbons (Fsp3) is 0.647. The van der Waals surface area contributed by atoms with Crippen LogP contribution in [0.2, 0.25) is 0 Å². The van der Waals surface area contributed by atoms with Crippen molar-refractivity contribution in [3.63, 3.8) is 0 Å². The summed E-state index contributed by atoms with van der Waals surface area (Å²) in [4.78, 5) is 0.